The first-order valence-corrected chi connectivity index (χ1v) is 7.13. The van der Waals surface area contributed by atoms with Gasteiger partial charge in [-0.05, 0) is 30.3 Å². The molecular weight excluding hydrogens is 323 g/mol. The van der Waals surface area contributed by atoms with E-state index in [1.54, 1.807) is 18.2 Å². The molecule has 0 bridgehead atoms. The van der Waals surface area contributed by atoms with Gasteiger partial charge in [-0.3, -0.25) is 4.99 Å². The van der Waals surface area contributed by atoms with Crippen molar-refractivity contribution >= 4 is 35.1 Å². The van der Waals surface area contributed by atoms with Gasteiger partial charge in [0, 0.05) is 10.6 Å². The number of benzene rings is 2. The SMILES string of the molecule is Oc1oc(-c2ccccc2)nc1C=Nc1cc(Cl)ccc1Cl. The van der Waals surface area contributed by atoms with Gasteiger partial charge >= 0.3 is 5.95 Å². The molecule has 0 unspecified atom stereocenters. The van der Waals surface area contributed by atoms with Gasteiger partial charge in [-0.15, -0.1) is 0 Å². The highest BCUT2D eigenvalue weighted by Crippen LogP contribution is 2.29. The van der Waals surface area contributed by atoms with Gasteiger partial charge < -0.3 is 9.52 Å². The second-order valence-electron chi connectivity index (χ2n) is 4.43. The van der Waals surface area contributed by atoms with E-state index in [0.717, 1.165) is 5.56 Å². The maximum atomic E-state index is 9.82. The molecule has 0 aliphatic carbocycles. The van der Waals surface area contributed by atoms with Gasteiger partial charge in [0.15, 0.2) is 5.69 Å². The number of aromatic hydroxyl groups is 1. The summed E-state index contributed by atoms with van der Waals surface area (Å²) >= 11 is 11.9. The molecule has 0 spiro atoms. The van der Waals surface area contributed by atoms with E-state index in [9.17, 15) is 5.11 Å². The Morgan fingerprint density at radius 3 is 2.64 bits per heavy atom. The fourth-order valence-electron chi connectivity index (χ4n) is 1.83. The third-order valence-electron chi connectivity index (χ3n) is 2.89. The van der Waals surface area contributed by atoms with Crippen LogP contribution in [-0.2, 0) is 0 Å². The molecule has 22 heavy (non-hydrogen) atoms. The van der Waals surface area contributed by atoms with E-state index in [1.807, 2.05) is 30.3 Å². The second-order valence-corrected chi connectivity index (χ2v) is 5.27. The minimum atomic E-state index is -0.305. The molecule has 1 aromatic heterocycles. The van der Waals surface area contributed by atoms with E-state index >= 15 is 0 Å². The van der Waals surface area contributed by atoms with Crippen molar-refractivity contribution in [1.29, 1.82) is 0 Å². The summed E-state index contributed by atoms with van der Waals surface area (Å²) in [4.78, 5) is 8.39. The molecule has 0 saturated heterocycles. The summed E-state index contributed by atoms with van der Waals surface area (Å²) in [5.41, 5.74) is 1.46. The predicted octanol–water partition coefficient (Wildman–Crippen LogP) is 5.10. The molecule has 0 aliphatic heterocycles. The van der Waals surface area contributed by atoms with Crippen LogP contribution in [0.5, 0.6) is 5.95 Å². The Labute approximate surface area is 136 Å². The second kappa shape index (κ2) is 6.22. The number of nitrogens with zero attached hydrogens (tertiary/aromatic N) is 2. The highest BCUT2D eigenvalue weighted by atomic mass is 35.5. The molecule has 0 aliphatic rings. The molecule has 0 amide bonds. The quantitative estimate of drug-likeness (QED) is 0.678. The minimum Gasteiger partial charge on any atom is -0.479 e. The molecule has 2 aromatic carbocycles. The Balaban J connectivity index is 1.91. The minimum absolute atomic E-state index is 0.217. The van der Waals surface area contributed by atoms with Gasteiger partial charge in [0.25, 0.3) is 0 Å². The lowest BCUT2D eigenvalue weighted by Gasteiger charge is -1.97. The zero-order valence-electron chi connectivity index (χ0n) is 11.2. The first-order chi connectivity index (χ1) is 10.6. The van der Waals surface area contributed by atoms with Crippen LogP contribution >= 0.6 is 23.2 Å². The number of halogens is 2. The van der Waals surface area contributed by atoms with Crippen molar-refractivity contribution in [2.45, 2.75) is 0 Å². The maximum Gasteiger partial charge on any atom is 0.312 e. The summed E-state index contributed by atoms with van der Waals surface area (Å²) in [5.74, 6) is 0.0116. The van der Waals surface area contributed by atoms with E-state index in [2.05, 4.69) is 9.98 Å². The van der Waals surface area contributed by atoms with Crippen molar-refractivity contribution in [3.8, 4) is 17.4 Å². The largest absolute Gasteiger partial charge is 0.479 e. The van der Waals surface area contributed by atoms with Crippen LogP contribution in [0.2, 0.25) is 10.0 Å². The van der Waals surface area contributed by atoms with Crippen LogP contribution in [0.3, 0.4) is 0 Å². The van der Waals surface area contributed by atoms with Gasteiger partial charge in [0.2, 0.25) is 5.89 Å². The van der Waals surface area contributed by atoms with Gasteiger partial charge in [0.1, 0.15) is 0 Å². The standard InChI is InChI=1S/C16H10Cl2N2O2/c17-11-6-7-12(18)13(8-11)19-9-14-16(21)22-15(20-14)10-4-2-1-3-5-10/h1-9,21H. The molecule has 4 nitrogen and oxygen atoms in total. The summed E-state index contributed by atoms with van der Waals surface area (Å²) in [6, 6.07) is 14.2. The Hall–Kier alpha value is -2.30. The van der Waals surface area contributed by atoms with Gasteiger partial charge in [-0.2, -0.15) is 0 Å². The Morgan fingerprint density at radius 2 is 1.86 bits per heavy atom. The summed E-state index contributed by atoms with van der Waals surface area (Å²) in [6.07, 6.45) is 1.38. The number of hydrogen-bond donors (Lipinski definition) is 1. The highest BCUT2D eigenvalue weighted by molar-refractivity contribution is 6.35. The van der Waals surface area contributed by atoms with Crippen molar-refractivity contribution in [3.63, 3.8) is 0 Å². The lowest BCUT2D eigenvalue weighted by molar-refractivity contribution is 0.337. The number of aromatic nitrogens is 1. The van der Waals surface area contributed by atoms with Crippen LogP contribution in [0.1, 0.15) is 5.69 Å². The van der Waals surface area contributed by atoms with Crippen LogP contribution in [0, 0.1) is 0 Å². The smallest absolute Gasteiger partial charge is 0.312 e. The van der Waals surface area contributed by atoms with Crippen molar-refractivity contribution in [2.24, 2.45) is 4.99 Å². The molecule has 3 rings (SSSR count). The average Bonchev–Trinajstić information content (AvgIpc) is 2.90. The van der Waals surface area contributed by atoms with Crippen LogP contribution in [0.4, 0.5) is 5.69 Å². The Kier molecular flexibility index (Phi) is 4.13. The number of rotatable bonds is 3. The van der Waals surface area contributed by atoms with Crippen molar-refractivity contribution in [3.05, 3.63) is 64.3 Å². The van der Waals surface area contributed by atoms with Gasteiger partial charge in [0.05, 0.1) is 16.9 Å². The number of aliphatic imine (C=N–C) groups is 1. The zero-order chi connectivity index (χ0) is 15.5. The Bertz CT molecular complexity index is 829. The van der Waals surface area contributed by atoms with Crippen molar-refractivity contribution < 1.29 is 9.52 Å². The van der Waals surface area contributed by atoms with E-state index in [4.69, 9.17) is 27.6 Å². The molecule has 6 heteroatoms. The van der Waals surface area contributed by atoms with E-state index < -0.39 is 0 Å². The molecule has 110 valence electrons. The Morgan fingerprint density at radius 1 is 1.09 bits per heavy atom. The van der Waals surface area contributed by atoms with Crippen LogP contribution in [-0.4, -0.2) is 16.3 Å². The maximum absolute atomic E-state index is 9.82. The molecule has 0 saturated carbocycles. The first kappa shape index (κ1) is 14.6. The van der Waals surface area contributed by atoms with Gasteiger partial charge in [-0.1, -0.05) is 41.4 Å². The molecular formula is C16H10Cl2N2O2. The third kappa shape index (κ3) is 3.13. The van der Waals surface area contributed by atoms with Crippen molar-refractivity contribution in [1.82, 2.24) is 4.98 Å². The lowest BCUT2D eigenvalue weighted by Crippen LogP contribution is -1.83. The average molecular weight is 333 g/mol. The predicted molar refractivity (Wildman–Crippen MR) is 87.3 cm³/mol. The first-order valence-electron chi connectivity index (χ1n) is 6.38. The summed E-state index contributed by atoms with van der Waals surface area (Å²) in [5, 5.41) is 10.8. The lowest BCUT2D eigenvalue weighted by atomic mass is 10.2. The number of hydrogen-bond acceptors (Lipinski definition) is 4. The van der Waals surface area contributed by atoms with E-state index in [-0.39, 0.29) is 11.6 Å². The summed E-state index contributed by atoms with van der Waals surface area (Å²) in [6.45, 7) is 0. The molecule has 1 heterocycles. The van der Waals surface area contributed by atoms with Gasteiger partial charge in [-0.25, -0.2) is 4.98 Å². The van der Waals surface area contributed by atoms with E-state index in [1.165, 1.54) is 6.21 Å². The van der Waals surface area contributed by atoms with Crippen molar-refractivity contribution in [2.75, 3.05) is 0 Å². The fourth-order valence-corrected chi connectivity index (χ4v) is 2.16. The monoisotopic (exact) mass is 332 g/mol. The zero-order valence-corrected chi connectivity index (χ0v) is 12.7. The van der Waals surface area contributed by atoms with Crippen LogP contribution in [0.15, 0.2) is 57.9 Å². The number of oxazole rings is 1. The summed E-state index contributed by atoms with van der Waals surface area (Å²) < 4.78 is 5.24. The van der Waals surface area contributed by atoms with Crippen LogP contribution in [0.25, 0.3) is 11.5 Å². The normalized spacial score (nSPS) is 11.2. The molecule has 0 fully saturated rings. The third-order valence-corrected chi connectivity index (χ3v) is 3.44. The fraction of sp³-hybridized carbons (Fsp3) is 0. The summed E-state index contributed by atoms with van der Waals surface area (Å²) in [7, 11) is 0. The van der Waals surface area contributed by atoms with Crippen LogP contribution < -0.4 is 0 Å². The molecule has 3 aromatic rings. The van der Waals surface area contributed by atoms with E-state index in [0.29, 0.717) is 21.6 Å². The molecule has 0 radical (unpaired) electrons. The molecule has 0 atom stereocenters. The highest BCUT2D eigenvalue weighted by Gasteiger charge is 2.12. The molecule has 1 N–H and O–H groups in total. The topological polar surface area (TPSA) is 58.6 Å².